The van der Waals surface area contributed by atoms with Crippen LogP contribution in [0.4, 0.5) is 15.8 Å². The first kappa shape index (κ1) is 19.0. The van der Waals surface area contributed by atoms with E-state index in [-0.39, 0.29) is 23.1 Å². The number of thioether (sulfide) groups is 1. The summed E-state index contributed by atoms with van der Waals surface area (Å²) in [7, 11) is 0. The third-order valence-electron chi connectivity index (χ3n) is 5.42. The molecule has 2 fully saturated rings. The zero-order chi connectivity index (χ0) is 19.5. The third kappa shape index (κ3) is 3.92. The minimum Gasteiger partial charge on any atom is -0.326 e. The summed E-state index contributed by atoms with van der Waals surface area (Å²) < 4.78 is 14.2. The van der Waals surface area contributed by atoms with Crippen molar-refractivity contribution >= 4 is 35.0 Å². The molecule has 146 valence electrons. The molecule has 1 aliphatic carbocycles. The summed E-state index contributed by atoms with van der Waals surface area (Å²) in [4.78, 5) is 26.3. The average Bonchev–Trinajstić information content (AvgIpc) is 3.11. The maximum Gasteiger partial charge on any atom is 0.238 e. The Kier molecular flexibility index (Phi) is 5.67. The van der Waals surface area contributed by atoms with Crippen molar-refractivity contribution in [3.63, 3.8) is 0 Å². The van der Waals surface area contributed by atoms with E-state index >= 15 is 0 Å². The van der Waals surface area contributed by atoms with Crippen molar-refractivity contribution in [2.24, 2.45) is 5.92 Å². The van der Waals surface area contributed by atoms with Gasteiger partial charge in [-0.3, -0.25) is 14.5 Å². The molecule has 1 unspecified atom stereocenters. The smallest absolute Gasteiger partial charge is 0.238 e. The predicted octanol–water partition coefficient (Wildman–Crippen LogP) is 5.12. The molecule has 0 aromatic heterocycles. The number of rotatable bonds is 4. The first-order valence-corrected chi connectivity index (χ1v) is 10.8. The van der Waals surface area contributed by atoms with E-state index in [2.05, 4.69) is 5.32 Å². The predicted molar refractivity (Wildman–Crippen MR) is 111 cm³/mol. The van der Waals surface area contributed by atoms with E-state index in [9.17, 15) is 14.0 Å². The number of hydrogen-bond acceptors (Lipinski definition) is 3. The van der Waals surface area contributed by atoms with Crippen molar-refractivity contribution in [1.82, 2.24) is 0 Å². The van der Waals surface area contributed by atoms with Crippen molar-refractivity contribution in [2.75, 3.05) is 16.0 Å². The Balaban J connectivity index is 1.49. The molecule has 2 amide bonds. The fourth-order valence-corrected chi connectivity index (χ4v) is 5.09. The minimum absolute atomic E-state index is 0.0888. The van der Waals surface area contributed by atoms with Gasteiger partial charge in [-0.25, -0.2) is 4.39 Å². The van der Waals surface area contributed by atoms with Crippen LogP contribution in [0.25, 0.3) is 0 Å². The number of para-hydroxylation sites is 1. The van der Waals surface area contributed by atoms with Crippen LogP contribution in [0, 0.1) is 11.7 Å². The summed E-state index contributed by atoms with van der Waals surface area (Å²) in [6.45, 7) is 0. The largest absolute Gasteiger partial charge is 0.326 e. The molecule has 6 heteroatoms. The van der Waals surface area contributed by atoms with Gasteiger partial charge in [-0.2, -0.15) is 0 Å². The monoisotopic (exact) mass is 398 g/mol. The summed E-state index contributed by atoms with van der Waals surface area (Å²) in [6.07, 6.45) is 5.38. The summed E-state index contributed by atoms with van der Waals surface area (Å²) in [5.41, 5.74) is 1.97. The van der Waals surface area contributed by atoms with Crippen molar-refractivity contribution in [3.05, 3.63) is 59.9 Å². The number of hydrogen-bond donors (Lipinski definition) is 1. The second-order valence-electron chi connectivity index (χ2n) is 7.32. The minimum atomic E-state index is -0.403. The van der Waals surface area contributed by atoms with E-state index in [4.69, 9.17) is 0 Å². The lowest BCUT2D eigenvalue weighted by Gasteiger charge is -2.25. The molecular formula is C22H23FN2O2S. The number of carbonyl (C=O) groups is 2. The standard InChI is InChI=1S/C22H23FN2O2S/c23-18-8-4-5-9-19(18)25-20(26)14-28-22(25)16-10-12-17(13-11-16)24-21(27)15-6-2-1-3-7-15/h4-5,8-13,15,22H,1-3,6-7,14H2,(H,24,27). The fraction of sp³-hybridized carbons (Fsp3) is 0.364. The maximum atomic E-state index is 14.2. The number of nitrogens with one attached hydrogen (secondary N) is 1. The Morgan fingerprint density at radius 1 is 1.04 bits per heavy atom. The second-order valence-corrected chi connectivity index (χ2v) is 8.39. The van der Waals surface area contributed by atoms with Crippen LogP contribution >= 0.6 is 11.8 Å². The van der Waals surface area contributed by atoms with Crippen molar-refractivity contribution in [3.8, 4) is 0 Å². The Hall–Kier alpha value is -2.34. The van der Waals surface area contributed by atoms with E-state index in [1.54, 1.807) is 18.2 Å². The molecule has 0 bridgehead atoms. The highest BCUT2D eigenvalue weighted by molar-refractivity contribution is 8.00. The molecule has 1 saturated carbocycles. The SMILES string of the molecule is O=C(Nc1ccc(C2SCC(=O)N2c2ccccc2F)cc1)C1CCCCC1. The lowest BCUT2D eigenvalue weighted by Crippen LogP contribution is -2.28. The number of halogens is 1. The van der Waals surface area contributed by atoms with Gasteiger partial charge in [0.25, 0.3) is 0 Å². The molecule has 4 rings (SSSR count). The Morgan fingerprint density at radius 3 is 2.46 bits per heavy atom. The summed E-state index contributed by atoms with van der Waals surface area (Å²) in [5, 5.41) is 2.73. The van der Waals surface area contributed by atoms with Gasteiger partial charge in [-0.1, -0.05) is 43.5 Å². The zero-order valence-corrected chi connectivity index (χ0v) is 16.4. The maximum absolute atomic E-state index is 14.2. The highest BCUT2D eigenvalue weighted by Crippen LogP contribution is 2.42. The van der Waals surface area contributed by atoms with E-state index in [0.717, 1.165) is 36.9 Å². The van der Waals surface area contributed by atoms with Crippen molar-refractivity contribution < 1.29 is 14.0 Å². The van der Waals surface area contributed by atoms with E-state index in [1.807, 2.05) is 24.3 Å². The molecule has 1 saturated heterocycles. The van der Waals surface area contributed by atoms with Crippen LogP contribution < -0.4 is 10.2 Å². The van der Waals surface area contributed by atoms with E-state index in [0.29, 0.717) is 11.4 Å². The molecule has 0 radical (unpaired) electrons. The average molecular weight is 399 g/mol. The second kappa shape index (κ2) is 8.35. The molecule has 2 aromatic rings. The Bertz CT molecular complexity index is 865. The van der Waals surface area contributed by atoms with E-state index < -0.39 is 5.82 Å². The molecule has 2 aliphatic rings. The van der Waals surface area contributed by atoms with Crippen LogP contribution in [0.2, 0.25) is 0 Å². The quantitative estimate of drug-likeness (QED) is 0.777. The first-order valence-electron chi connectivity index (χ1n) is 9.72. The lowest BCUT2D eigenvalue weighted by atomic mass is 9.88. The van der Waals surface area contributed by atoms with E-state index in [1.165, 1.54) is 29.1 Å². The molecule has 1 atom stereocenters. The number of benzene rings is 2. The fourth-order valence-electron chi connectivity index (χ4n) is 3.92. The van der Waals surface area contributed by atoms with Gasteiger partial charge in [0.2, 0.25) is 11.8 Å². The van der Waals surface area contributed by atoms with Gasteiger partial charge in [0.1, 0.15) is 11.2 Å². The Labute approximate surface area is 168 Å². The number of carbonyl (C=O) groups excluding carboxylic acids is 2. The van der Waals surface area contributed by atoms with Crippen LogP contribution in [0.3, 0.4) is 0 Å². The van der Waals surface area contributed by atoms with Crippen LogP contribution in [-0.4, -0.2) is 17.6 Å². The lowest BCUT2D eigenvalue weighted by molar-refractivity contribution is -0.120. The van der Waals surface area contributed by atoms with Gasteiger partial charge < -0.3 is 5.32 Å². The normalized spacial score (nSPS) is 20.4. The molecule has 0 spiro atoms. The molecular weight excluding hydrogens is 375 g/mol. The highest BCUT2D eigenvalue weighted by atomic mass is 32.2. The summed E-state index contributed by atoms with van der Waals surface area (Å²) in [5.74, 6) is 0.00689. The molecule has 2 aromatic carbocycles. The summed E-state index contributed by atoms with van der Waals surface area (Å²) >= 11 is 1.48. The van der Waals surface area contributed by atoms with Gasteiger partial charge in [0, 0.05) is 11.6 Å². The zero-order valence-electron chi connectivity index (χ0n) is 15.6. The molecule has 1 heterocycles. The van der Waals surface area contributed by atoms with Crippen LogP contribution in [-0.2, 0) is 9.59 Å². The van der Waals surface area contributed by atoms with Crippen molar-refractivity contribution in [1.29, 1.82) is 0 Å². The molecule has 1 aliphatic heterocycles. The van der Waals surface area contributed by atoms with Gasteiger partial charge in [-0.05, 0) is 42.7 Å². The molecule has 1 N–H and O–H groups in total. The summed E-state index contributed by atoms with van der Waals surface area (Å²) in [6, 6.07) is 13.9. The van der Waals surface area contributed by atoms with Gasteiger partial charge >= 0.3 is 0 Å². The van der Waals surface area contributed by atoms with Gasteiger partial charge in [-0.15, -0.1) is 11.8 Å². The van der Waals surface area contributed by atoms with Gasteiger partial charge in [0.15, 0.2) is 0 Å². The van der Waals surface area contributed by atoms with Crippen LogP contribution in [0.1, 0.15) is 43.0 Å². The third-order valence-corrected chi connectivity index (χ3v) is 6.63. The van der Waals surface area contributed by atoms with Crippen molar-refractivity contribution in [2.45, 2.75) is 37.5 Å². The highest BCUT2D eigenvalue weighted by Gasteiger charge is 2.35. The molecule has 28 heavy (non-hydrogen) atoms. The van der Waals surface area contributed by atoms with Gasteiger partial charge in [0.05, 0.1) is 11.4 Å². The number of nitrogens with zero attached hydrogens (tertiary/aromatic N) is 1. The Morgan fingerprint density at radius 2 is 1.75 bits per heavy atom. The van der Waals surface area contributed by atoms with Crippen LogP contribution in [0.5, 0.6) is 0 Å². The van der Waals surface area contributed by atoms with Crippen LogP contribution in [0.15, 0.2) is 48.5 Å². The first-order chi connectivity index (χ1) is 13.6. The number of anilines is 2. The topological polar surface area (TPSA) is 49.4 Å². The number of amides is 2. The molecule has 4 nitrogen and oxygen atoms in total.